The van der Waals surface area contributed by atoms with Crippen LogP contribution in [0.1, 0.15) is 42.5 Å². The lowest BCUT2D eigenvalue weighted by molar-refractivity contribution is 0.332. The van der Waals surface area contributed by atoms with Crippen molar-refractivity contribution < 1.29 is 8.91 Å². The normalized spacial score (nSPS) is 22.3. The first-order chi connectivity index (χ1) is 9.76. The van der Waals surface area contributed by atoms with Crippen LogP contribution in [0.5, 0.6) is 0 Å². The highest BCUT2D eigenvalue weighted by Gasteiger charge is 2.31. The molecule has 0 aliphatic heterocycles. The molecule has 5 heteroatoms. The highest BCUT2D eigenvalue weighted by molar-refractivity contribution is 5.19. The van der Waals surface area contributed by atoms with Crippen LogP contribution >= 0.6 is 0 Å². The van der Waals surface area contributed by atoms with E-state index in [2.05, 4.69) is 15.5 Å². The van der Waals surface area contributed by atoms with Crippen LogP contribution < -0.4 is 5.32 Å². The first-order valence-electron chi connectivity index (χ1n) is 7.00. The summed E-state index contributed by atoms with van der Waals surface area (Å²) in [5, 5.41) is 7.35. The Hall–Kier alpha value is -1.75. The predicted molar refractivity (Wildman–Crippen MR) is 72.9 cm³/mol. The van der Waals surface area contributed by atoms with Crippen LogP contribution in [-0.4, -0.2) is 23.2 Å². The lowest BCUT2D eigenvalue weighted by Crippen LogP contribution is -2.27. The van der Waals surface area contributed by atoms with Gasteiger partial charge < -0.3 is 9.84 Å². The second-order valence-corrected chi connectivity index (χ2v) is 5.28. The molecule has 1 heterocycles. The van der Waals surface area contributed by atoms with Crippen LogP contribution in [0.15, 0.2) is 28.8 Å². The molecule has 1 aromatic heterocycles. The minimum absolute atomic E-state index is 0.231. The SMILES string of the molecule is CNC1CCCC1c1nc(Cc2ccc(F)cc2)no1. The number of nitrogens with one attached hydrogen (secondary N) is 1. The molecular weight excluding hydrogens is 257 g/mol. The molecule has 1 aliphatic carbocycles. The number of benzene rings is 1. The molecule has 0 spiro atoms. The Labute approximate surface area is 117 Å². The van der Waals surface area contributed by atoms with E-state index in [9.17, 15) is 4.39 Å². The number of likely N-dealkylation sites (N-methyl/N-ethyl adjacent to an activating group) is 1. The average molecular weight is 275 g/mol. The summed E-state index contributed by atoms with van der Waals surface area (Å²) in [6, 6.07) is 6.82. The van der Waals surface area contributed by atoms with Gasteiger partial charge in [0.2, 0.25) is 5.89 Å². The first-order valence-corrected chi connectivity index (χ1v) is 7.00. The molecule has 1 fully saturated rings. The van der Waals surface area contributed by atoms with E-state index in [-0.39, 0.29) is 5.82 Å². The van der Waals surface area contributed by atoms with Crippen molar-refractivity contribution in [1.29, 1.82) is 0 Å². The molecule has 0 bridgehead atoms. The Balaban J connectivity index is 1.72. The van der Waals surface area contributed by atoms with Gasteiger partial charge in [-0.15, -0.1) is 0 Å². The third-order valence-corrected chi connectivity index (χ3v) is 3.96. The summed E-state index contributed by atoms with van der Waals surface area (Å²) < 4.78 is 18.3. The molecule has 106 valence electrons. The molecule has 0 amide bonds. The Morgan fingerprint density at radius 2 is 2.10 bits per heavy atom. The van der Waals surface area contributed by atoms with Crippen LogP contribution in [-0.2, 0) is 6.42 Å². The second kappa shape index (κ2) is 5.71. The van der Waals surface area contributed by atoms with E-state index in [1.54, 1.807) is 12.1 Å². The van der Waals surface area contributed by atoms with Gasteiger partial charge in [0, 0.05) is 12.5 Å². The van der Waals surface area contributed by atoms with E-state index in [0.29, 0.717) is 24.2 Å². The maximum absolute atomic E-state index is 12.9. The molecule has 3 rings (SSSR count). The zero-order valence-corrected chi connectivity index (χ0v) is 11.5. The van der Waals surface area contributed by atoms with Crippen LogP contribution in [0.2, 0.25) is 0 Å². The Kier molecular flexibility index (Phi) is 3.78. The van der Waals surface area contributed by atoms with E-state index in [4.69, 9.17) is 4.52 Å². The standard InChI is InChI=1S/C15H18FN3O/c1-17-13-4-2-3-12(13)15-18-14(19-20-15)9-10-5-7-11(16)8-6-10/h5-8,12-13,17H,2-4,9H2,1H3. The van der Waals surface area contributed by atoms with E-state index < -0.39 is 0 Å². The monoisotopic (exact) mass is 275 g/mol. The summed E-state index contributed by atoms with van der Waals surface area (Å²) in [6.45, 7) is 0. The topological polar surface area (TPSA) is 51.0 Å². The van der Waals surface area contributed by atoms with Gasteiger partial charge in [0.05, 0.1) is 5.92 Å². The summed E-state index contributed by atoms with van der Waals surface area (Å²) in [7, 11) is 1.97. The van der Waals surface area contributed by atoms with Gasteiger partial charge in [-0.2, -0.15) is 4.98 Å². The second-order valence-electron chi connectivity index (χ2n) is 5.28. The molecule has 2 aromatic rings. The van der Waals surface area contributed by atoms with Crippen molar-refractivity contribution in [3.05, 3.63) is 47.4 Å². The van der Waals surface area contributed by atoms with Gasteiger partial charge in [0.25, 0.3) is 0 Å². The molecule has 4 nitrogen and oxygen atoms in total. The third-order valence-electron chi connectivity index (χ3n) is 3.96. The number of nitrogens with zero attached hydrogens (tertiary/aromatic N) is 2. The first kappa shape index (κ1) is 13.2. The van der Waals surface area contributed by atoms with Gasteiger partial charge in [-0.25, -0.2) is 4.39 Å². The average Bonchev–Trinajstić information content (AvgIpc) is 3.09. The molecule has 1 N–H and O–H groups in total. The van der Waals surface area contributed by atoms with Crippen LogP contribution in [0, 0.1) is 5.82 Å². The summed E-state index contributed by atoms with van der Waals surface area (Å²) in [4.78, 5) is 4.50. The van der Waals surface area contributed by atoms with Gasteiger partial charge in [-0.05, 0) is 37.6 Å². The van der Waals surface area contributed by atoms with E-state index >= 15 is 0 Å². The summed E-state index contributed by atoms with van der Waals surface area (Å²) >= 11 is 0. The van der Waals surface area contributed by atoms with Crippen molar-refractivity contribution in [2.75, 3.05) is 7.05 Å². The maximum Gasteiger partial charge on any atom is 0.231 e. The number of halogens is 1. The van der Waals surface area contributed by atoms with Gasteiger partial charge >= 0.3 is 0 Å². The molecule has 2 unspecified atom stereocenters. The molecule has 0 saturated heterocycles. The summed E-state index contributed by atoms with van der Waals surface area (Å²) in [5.41, 5.74) is 0.982. The summed E-state index contributed by atoms with van der Waals surface area (Å²) in [5.74, 6) is 1.46. The van der Waals surface area contributed by atoms with E-state index in [0.717, 1.165) is 24.3 Å². The Morgan fingerprint density at radius 3 is 2.85 bits per heavy atom. The molecule has 1 aromatic carbocycles. The Morgan fingerprint density at radius 1 is 1.30 bits per heavy atom. The summed E-state index contributed by atoms with van der Waals surface area (Å²) in [6.07, 6.45) is 3.99. The number of rotatable bonds is 4. The van der Waals surface area contributed by atoms with Crippen LogP contribution in [0.3, 0.4) is 0 Å². The van der Waals surface area contributed by atoms with Crippen LogP contribution in [0.4, 0.5) is 4.39 Å². The minimum Gasteiger partial charge on any atom is -0.339 e. The zero-order valence-electron chi connectivity index (χ0n) is 11.5. The van der Waals surface area contributed by atoms with E-state index in [1.807, 2.05) is 7.05 Å². The Bertz CT molecular complexity index is 567. The quantitative estimate of drug-likeness (QED) is 0.932. The van der Waals surface area contributed by atoms with Crippen molar-refractivity contribution in [3.63, 3.8) is 0 Å². The number of hydrogen-bond acceptors (Lipinski definition) is 4. The molecule has 2 atom stereocenters. The predicted octanol–water partition coefficient (Wildman–Crippen LogP) is 2.66. The van der Waals surface area contributed by atoms with E-state index in [1.165, 1.54) is 18.6 Å². The van der Waals surface area contributed by atoms with Gasteiger partial charge in [0.15, 0.2) is 5.82 Å². The van der Waals surface area contributed by atoms with Gasteiger partial charge in [-0.3, -0.25) is 0 Å². The minimum atomic E-state index is -0.231. The van der Waals surface area contributed by atoms with Crippen molar-refractivity contribution in [3.8, 4) is 0 Å². The molecule has 20 heavy (non-hydrogen) atoms. The maximum atomic E-state index is 12.9. The van der Waals surface area contributed by atoms with Crippen molar-refractivity contribution in [2.24, 2.45) is 0 Å². The highest BCUT2D eigenvalue weighted by Crippen LogP contribution is 2.33. The molecule has 0 radical (unpaired) electrons. The zero-order chi connectivity index (χ0) is 13.9. The highest BCUT2D eigenvalue weighted by atomic mass is 19.1. The largest absolute Gasteiger partial charge is 0.339 e. The van der Waals surface area contributed by atoms with Gasteiger partial charge in [-0.1, -0.05) is 23.7 Å². The smallest absolute Gasteiger partial charge is 0.231 e. The molecular formula is C15H18FN3O. The van der Waals surface area contributed by atoms with Crippen molar-refractivity contribution >= 4 is 0 Å². The fourth-order valence-electron chi connectivity index (χ4n) is 2.88. The molecule has 1 aliphatic rings. The fraction of sp³-hybridized carbons (Fsp3) is 0.467. The molecule has 1 saturated carbocycles. The van der Waals surface area contributed by atoms with Crippen LogP contribution in [0.25, 0.3) is 0 Å². The number of hydrogen-bond donors (Lipinski definition) is 1. The fourth-order valence-corrected chi connectivity index (χ4v) is 2.88. The van der Waals surface area contributed by atoms with Crippen molar-refractivity contribution in [1.82, 2.24) is 15.5 Å². The number of aromatic nitrogens is 2. The van der Waals surface area contributed by atoms with Gasteiger partial charge in [0.1, 0.15) is 5.82 Å². The lowest BCUT2D eigenvalue weighted by atomic mass is 10.0. The van der Waals surface area contributed by atoms with Crippen molar-refractivity contribution in [2.45, 2.75) is 37.6 Å². The lowest BCUT2D eigenvalue weighted by Gasteiger charge is -2.14. The third kappa shape index (κ3) is 2.72.